The largest absolute Gasteiger partial charge is 0.350 e. The Balaban J connectivity index is 1.33. The number of nitrogens with one attached hydrogen (secondary N) is 2. The summed E-state index contributed by atoms with van der Waals surface area (Å²) in [5, 5.41) is 3.60. The Morgan fingerprint density at radius 2 is 1.94 bits per heavy atom. The summed E-state index contributed by atoms with van der Waals surface area (Å²) in [7, 11) is 3.83. The Hall–Kier alpha value is -2.45. The van der Waals surface area contributed by atoms with Gasteiger partial charge in [-0.25, -0.2) is 4.39 Å². The normalized spacial score (nSPS) is 20.8. The van der Waals surface area contributed by atoms with Crippen molar-refractivity contribution in [2.24, 2.45) is 0 Å². The van der Waals surface area contributed by atoms with Gasteiger partial charge in [-0.3, -0.25) is 14.5 Å². The van der Waals surface area contributed by atoms with Gasteiger partial charge in [-0.1, -0.05) is 6.07 Å². The van der Waals surface area contributed by atoms with E-state index in [-0.39, 0.29) is 23.7 Å². The van der Waals surface area contributed by atoms with Crippen molar-refractivity contribution in [3.8, 4) is 0 Å². The van der Waals surface area contributed by atoms with Crippen LogP contribution in [0, 0.1) is 12.7 Å². The van der Waals surface area contributed by atoms with Crippen molar-refractivity contribution >= 4 is 22.7 Å². The summed E-state index contributed by atoms with van der Waals surface area (Å²) in [5.74, 6) is -0.307. The maximum absolute atomic E-state index is 14.1. The first-order chi connectivity index (χ1) is 15.3. The summed E-state index contributed by atoms with van der Waals surface area (Å²) in [4.78, 5) is 34.6. The molecule has 2 aromatic rings. The molecule has 0 unspecified atom stereocenters. The number of fused-ring (bicyclic) bond motifs is 1. The molecule has 4 rings (SSSR count). The predicted octanol–water partition coefficient (Wildman–Crippen LogP) is 2.36. The number of likely N-dealkylation sites (tertiary alicyclic amines) is 2. The first-order valence-electron chi connectivity index (χ1n) is 11.6. The number of H-pyrrole nitrogens is 1. The summed E-state index contributed by atoms with van der Waals surface area (Å²) in [5.41, 5.74) is 1.99. The molecule has 1 aromatic heterocycles. The topological polar surface area (TPSA) is 71.7 Å². The van der Waals surface area contributed by atoms with Crippen LogP contribution in [0.5, 0.6) is 0 Å². The van der Waals surface area contributed by atoms with E-state index in [9.17, 15) is 14.0 Å². The van der Waals surface area contributed by atoms with E-state index in [1.54, 1.807) is 12.1 Å². The van der Waals surface area contributed by atoms with E-state index < -0.39 is 0 Å². The molecule has 2 N–H and O–H groups in total. The molecule has 3 heterocycles. The highest BCUT2D eigenvalue weighted by molar-refractivity contribution is 5.99. The average Bonchev–Trinajstić information content (AvgIpc) is 3.23. The van der Waals surface area contributed by atoms with Crippen LogP contribution in [0.4, 0.5) is 4.39 Å². The maximum atomic E-state index is 14.1. The zero-order chi connectivity index (χ0) is 22.8. The van der Waals surface area contributed by atoms with Crippen LogP contribution < -0.4 is 5.32 Å². The SMILES string of the molecule is Cc1ccc(F)c2cc(C(=O)N[C@H]3CCCN(C4CCN(C(=O)CN(C)C)CC4)C3)[nH]c12. The third-order valence-corrected chi connectivity index (χ3v) is 6.77. The van der Waals surface area contributed by atoms with Gasteiger partial charge in [0.25, 0.3) is 5.91 Å². The molecular formula is C24H34FN5O2. The molecule has 7 nitrogen and oxygen atoms in total. The van der Waals surface area contributed by atoms with Gasteiger partial charge < -0.3 is 20.1 Å². The van der Waals surface area contributed by atoms with E-state index in [1.807, 2.05) is 30.8 Å². The predicted molar refractivity (Wildman–Crippen MR) is 123 cm³/mol. The van der Waals surface area contributed by atoms with Crippen LogP contribution in [0.1, 0.15) is 41.7 Å². The van der Waals surface area contributed by atoms with Gasteiger partial charge in [0.2, 0.25) is 5.91 Å². The van der Waals surface area contributed by atoms with Crippen LogP contribution in [0.3, 0.4) is 0 Å². The van der Waals surface area contributed by atoms with Crippen LogP contribution in [-0.2, 0) is 4.79 Å². The number of halogens is 1. The molecule has 8 heteroatoms. The lowest BCUT2D eigenvalue weighted by Crippen LogP contribution is -2.54. The van der Waals surface area contributed by atoms with E-state index in [1.165, 1.54) is 6.07 Å². The molecule has 2 aliphatic rings. The van der Waals surface area contributed by atoms with Crippen molar-refractivity contribution < 1.29 is 14.0 Å². The summed E-state index contributed by atoms with van der Waals surface area (Å²) in [6.07, 6.45) is 3.92. The zero-order valence-electron chi connectivity index (χ0n) is 19.3. The molecule has 32 heavy (non-hydrogen) atoms. The van der Waals surface area contributed by atoms with E-state index >= 15 is 0 Å². The molecule has 1 atom stereocenters. The lowest BCUT2D eigenvalue weighted by Gasteiger charge is -2.42. The summed E-state index contributed by atoms with van der Waals surface area (Å²) in [6.45, 7) is 5.79. The first kappa shape index (κ1) is 22.7. The molecule has 0 radical (unpaired) electrons. The molecule has 2 saturated heterocycles. The molecule has 2 fully saturated rings. The van der Waals surface area contributed by atoms with Crippen molar-refractivity contribution in [1.82, 2.24) is 25.0 Å². The second-order valence-corrected chi connectivity index (χ2v) is 9.49. The third kappa shape index (κ3) is 4.96. The Kier molecular flexibility index (Phi) is 6.81. The molecule has 0 spiro atoms. The zero-order valence-corrected chi connectivity index (χ0v) is 19.3. The fraction of sp³-hybridized carbons (Fsp3) is 0.583. The highest BCUT2D eigenvalue weighted by Gasteiger charge is 2.31. The van der Waals surface area contributed by atoms with Crippen LogP contribution in [0.15, 0.2) is 18.2 Å². The number of likely N-dealkylation sites (N-methyl/N-ethyl adjacent to an activating group) is 1. The van der Waals surface area contributed by atoms with Gasteiger partial charge >= 0.3 is 0 Å². The second kappa shape index (κ2) is 9.58. The van der Waals surface area contributed by atoms with Gasteiger partial charge in [-0.2, -0.15) is 0 Å². The van der Waals surface area contributed by atoms with Crippen molar-refractivity contribution in [3.05, 3.63) is 35.3 Å². The fourth-order valence-electron chi connectivity index (χ4n) is 5.02. The van der Waals surface area contributed by atoms with E-state index in [2.05, 4.69) is 15.2 Å². The number of aromatic amines is 1. The number of rotatable bonds is 5. The lowest BCUT2D eigenvalue weighted by atomic mass is 9.97. The maximum Gasteiger partial charge on any atom is 0.267 e. The number of benzene rings is 1. The molecule has 2 amide bonds. The first-order valence-corrected chi connectivity index (χ1v) is 11.6. The Bertz CT molecular complexity index is 941. The number of aromatic nitrogens is 1. The van der Waals surface area contributed by atoms with Gasteiger partial charge in [0, 0.05) is 37.1 Å². The minimum Gasteiger partial charge on any atom is -0.350 e. The van der Waals surface area contributed by atoms with Gasteiger partial charge in [-0.15, -0.1) is 0 Å². The number of hydrogen-bond acceptors (Lipinski definition) is 4. The van der Waals surface area contributed by atoms with Crippen molar-refractivity contribution in [3.63, 3.8) is 0 Å². The Morgan fingerprint density at radius 3 is 2.62 bits per heavy atom. The molecule has 2 aliphatic heterocycles. The molecule has 0 bridgehead atoms. The van der Waals surface area contributed by atoms with E-state index in [0.717, 1.165) is 57.4 Å². The van der Waals surface area contributed by atoms with Gasteiger partial charge in [0.15, 0.2) is 0 Å². The monoisotopic (exact) mass is 443 g/mol. The van der Waals surface area contributed by atoms with Gasteiger partial charge in [-0.05, 0) is 70.9 Å². The standard InChI is InChI=1S/C24H34FN5O2/c1-16-6-7-20(25)19-13-21(27-23(16)19)24(32)26-17-5-4-10-30(14-17)18-8-11-29(12-9-18)22(31)15-28(2)3/h6-7,13,17-18,27H,4-5,8-12,14-15H2,1-3H3,(H,26,32)/t17-/m0/s1. The number of carbonyl (C=O) groups is 2. The van der Waals surface area contributed by atoms with E-state index in [4.69, 9.17) is 0 Å². The average molecular weight is 444 g/mol. The Morgan fingerprint density at radius 1 is 1.19 bits per heavy atom. The van der Waals surface area contributed by atoms with Gasteiger partial charge in [0.1, 0.15) is 11.5 Å². The van der Waals surface area contributed by atoms with Crippen LogP contribution >= 0.6 is 0 Å². The van der Waals surface area contributed by atoms with Crippen molar-refractivity contribution in [2.75, 3.05) is 46.8 Å². The smallest absolute Gasteiger partial charge is 0.267 e. The number of nitrogens with zero attached hydrogens (tertiary/aromatic N) is 3. The molecular weight excluding hydrogens is 409 g/mol. The Labute approximate surface area is 188 Å². The minimum absolute atomic E-state index is 0.0713. The van der Waals surface area contributed by atoms with Crippen LogP contribution in [0.2, 0.25) is 0 Å². The number of piperidine rings is 2. The highest BCUT2D eigenvalue weighted by Crippen LogP contribution is 2.24. The fourth-order valence-corrected chi connectivity index (χ4v) is 5.02. The quantitative estimate of drug-likeness (QED) is 0.744. The lowest BCUT2D eigenvalue weighted by molar-refractivity contribution is -0.133. The number of hydrogen-bond donors (Lipinski definition) is 2. The third-order valence-electron chi connectivity index (χ3n) is 6.77. The summed E-state index contributed by atoms with van der Waals surface area (Å²) >= 11 is 0. The number of carbonyl (C=O) groups excluding carboxylic acids is 2. The second-order valence-electron chi connectivity index (χ2n) is 9.49. The highest BCUT2D eigenvalue weighted by atomic mass is 19.1. The van der Waals surface area contributed by atoms with Crippen LogP contribution in [-0.4, -0.2) is 90.4 Å². The molecule has 174 valence electrons. The minimum atomic E-state index is -0.319. The number of amides is 2. The van der Waals surface area contributed by atoms with Crippen molar-refractivity contribution in [2.45, 2.75) is 44.7 Å². The van der Waals surface area contributed by atoms with E-state index in [0.29, 0.717) is 29.2 Å². The van der Waals surface area contributed by atoms with Crippen LogP contribution in [0.25, 0.3) is 10.9 Å². The molecule has 0 saturated carbocycles. The molecule has 0 aliphatic carbocycles. The number of aryl methyl sites for hydroxylation is 1. The summed E-state index contributed by atoms with van der Waals surface area (Å²) < 4.78 is 14.1. The van der Waals surface area contributed by atoms with Crippen molar-refractivity contribution in [1.29, 1.82) is 0 Å². The van der Waals surface area contributed by atoms with Gasteiger partial charge in [0.05, 0.1) is 12.1 Å². The summed E-state index contributed by atoms with van der Waals surface area (Å²) in [6, 6.07) is 5.28. The molecule has 1 aromatic carbocycles.